The summed E-state index contributed by atoms with van der Waals surface area (Å²) in [4.78, 5) is 3.85. The maximum atomic E-state index is 12.8. The smallest absolute Gasteiger partial charge is 0.319 e. The number of halogens is 1. The summed E-state index contributed by atoms with van der Waals surface area (Å²) in [6, 6.07) is 4.34. The monoisotopic (exact) mass is 193 g/mol. The van der Waals surface area contributed by atoms with Crippen molar-refractivity contribution in [3.05, 3.63) is 29.6 Å². The Hall–Kier alpha value is -1.91. The molecule has 0 radical (unpaired) electrons. The Morgan fingerprint density at radius 2 is 2.21 bits per heavy atom. The van der Waals surface area contributed by atoms with Gasteiger partial charge in [-0.15, -0.1) is 0 Å². The van der Waals surface area contributed by atoms with E-state index in [0.717, 1.165) is 5.56 Å². The number of benzene rings is 1. The van der Waals surface area contributed by atoms with Crippen LogP contribution in [0.3, 0.4) is 0 Å². The van der Waals surface area contributed by atoms with Gasteiger partial charge in [0.2, 0.25) is 5.82 Å². The van der Waals surface area contributed by atoms with E-state index in [9.17, 15) is 4.39 Å². The summed E-state index contributed by atoms with van der Waals surface area (Å²) in [6.07, 6.45) is 0. The van der Waals surface area contributed by atoms with Crippen molar-refractivity contribution in [3.8, 4) is 11.4 Å². The highest BCUT2D eigenvalue weighted by molar-refractivity contribution is 5.59. The molecule has 0 spiro atoms. The van der Waals surface area contributed by atoms with Crippen LogP contribution in [0.4, 0.5) is 10.4 Å². The van der Waals surface area contributed by atoms with Gasteiger partial charge in [-0.2, -0.15) is 4.98 Å². The molecule has 0 aliphatic rings. The summed E-state index contributed by atoms with van der Waals surface area (Å²) in [7, 11) is 0. The van der Waals surface area contributed by atoms with Crippen molar-refractivity contribution in [1.82, 2.24) is 10.1 Å². The van der Waals surface area contributed by atoms with Crippen LogP contribution in [0, 0.1) is 12.7 Å². The number of anilines is 1. The second kappa shape index (κ2) is 3.10. The fourth-order valence-electron chi connectivity index (χ4n) is 1.22. The van der Waals surface area contributed by atoms with Crippen molar-refractivity contribution in [2.45, 2.75) is 6.92 Å². The number of nitrogens with zero attached hydrogens (tertiary/aromatic N) is 2. The number of nitrogens with two attached hydrogens (primary N) is 1. The van der Waals surface area contributed by atoms with Gasteiger partial charge < -0.3 is 10.3 Å². The second-order valence-electron chi connectivity index (χ2n) is 2.92. The molecule has 0 aliphatic carbocycles. The van der Waals surface area contributed by atoms with Gasteiger partial charge in [0, 0.05) is 5.56 Å². The summed E-state index contributed by atoms with van der Waals surface area (Å²) in [6.45, 7) is 1.77. The zero-order valence-corrected chi connectivity index (χ0v) is 7.49. The van der Waals surface area contributed by atoms with Crippen molar-refractivity contribution in [3.63, 3.8) is 0 Å². The first kappa shape index (κ1) is 8.68. The third-order valence-corrected chi connectivity index (χ3v) is 1.87. The van der Waals surface area contributed by atoms with Gasteiger partial charge in [0.05, 0.1) is 0 Å². The molecule has 2 rings (SSSR count). The number of rotatable bonds is 1. The lowest BCUT2D eigenvalue weighted by Gasteiger charge is -1.99. The fraction of sp³-hybridized carbons (Fsp3) is 0.111. The van der Waals surface area contributed by atoms with Crippen LogP contribution < -0.4 is 5.73 Å². The molecule has 1 aromatic carbocycles. The van der Waals surface area contributed by atoms with E-state index < -0.39 is 0 Å². The van der Waals surface area contributed by atoms with E-state index in [0.29, 0.717) is 11.4 Å². The highest BCUT2D eigenvalue weighted by Crippen LogP contribution is 2.21. The van der Waals surface area contributed by atoms with Crippen LogP contribution in [0.5, 0.6) is 0 Å². The Bertz CT molecular complexity index is 467. The second-order valence-corrected chi connectivity index (χ2v) is 2.92. The lowest BCUT2D eigenvalue weighted by Crippen LogP contribution is -1.88. The molecular weight excluding hydrogens is 185 g/mol. The molecule has 0 fully saturated rings. The molecule has 0 atom stereocenters. The SMILES string of the molecule is Cc1cc(F)ccc1-c1noc(N)n1. The van der Waals surface area contributed by atoms with Crippen LogP contribution in [0.1, 0.15) is 5.56 Å². The first-order chi connectivity index (χ1) is 6.66. The van der Waals surface area contributed by atoms with Crippen molar-refractivity contribution >= 4 is 6.01 Å². The Kier molecular flexibility index (Phi) is 1.92. The molecule has 1 aromatic heterocycles. The van der Waals surface area contributed by atoms with Gasteiger partial charge in [-0.3, -0.25) is 0 Å². The minimum Gasteiger partial charge on any atom is -0.351 e. The Morgan fingerprint density at radius 3 is 2.79 bits per heavy atom. The van der Waals surface area contributed by atoms with Crippen molar-refractivity contribution in [2.24, 2.45) is 0 Å². The molecule has 14 heavy (non-hydrogen) atoms. The van der Waals surface area contributed by atoms with Gasteiger partial charge in [0.15, 0.2) is 0 Å². The molecule has 0 unspecified atom stereocenters. The Morgan fingerprint density at radius 1 is 1.43 bits per heavy atom. The first-order valence-corrected chi connectivity index (χ1v) is 4.02. The minimum absolute atomic E-state index is 0.00345. The van der Waals surface area contributed by atoms with Crippen molar-refractivity contribution in [1.29, 1.82) is 0 Å². The zero-order valence-electron chi connectivity index (χ0n) is 7.49. The van der Waals surface area contributed by atoms with Crippen LogP contribution in [0.2, 0.25) is 0 Å². The molecular formula is C9H8FN3O. The number of hydrogen-bond acceptors (Lipinski definition) is 4. The molecule has 4 nitrogen and oxygen atoms in total. The van der Waals surface area contributed by atoms with Crippen LogP contribution in [0.25, 0.3) is 11.4 Å². The lowest BCUT2D eigenvalue weighted by atomic mass is 10.1. The molecule has 0 aliphatic heterocycles. The first-order valence-electron chi connectivity index (χ1n) is 4.02. The van der Waals surface area contributed by atoms with E-state index in [1.54, 1.807) is 13.0 Å². The minimum atomic E-state index is -0.289. The van der Waals surface area contributed by atoms with Gasteiger partial charge in [-0.25, -0.2) is 4.39 Å². The van der Waals surface area contributed by atoms with Gasteiger partial charge in [0.25, 0.3) is 0 Å². The quantitative estimate of drug-likeness (QED) is 0.749. The largest absolute Gasteiger partial charge is 0.351 e. The molecule has 0 amide bonds. The van der Waals surface area contributed by atoms with Gasteiger partial charge in [0.1, 0.15) is 5.82 Å². The average molecular weight is 193 g/mol. The normalized spacial score (nSPS) is 10.4. The lowest BCUT2D eigenvalue weighted by molar-refractivity contribution is 0.437. The van der Waals surface area contributed by atoms with E-state index in [1.165, 1.54) is 12.1 Å². The number of aryl methyl sites for hydroxylation is 1. The summed E-state index contributed by atoms with van der Waals surface area (Å²) in [5.41, 5.74) is 6.74. The summed E-state index contributed by atoms with van der Waals surface area (Å²) < 4.78 is 17.4. The number of hydrogen-bond donors (Lipinski definition) is 1. The summed E-state index contributed by atoms with van der Waals surface area (Å²) in [5, 5.41) is 3.64. The molecule has 1 heterocycles. The summed E-state index contributed by atoms with van der Waals surface area (Å²) >= 11 is 0. The maximum absolute atomic E-state index is 12.8. The fourth-order valence-corrected chi connectivity index (χ4v) is 1.22. The molecule has 0 bridgehead atoms. The molecule has 0 saturated carbocycles. The maximum Gasteiger partial charge on any atom is 0.319 e. The molecule has 2 N–H and O–H groups in total. The van der Waals surface area contributed by atoms with E-state index in [4.69, 9.17) is 5.73 Å². The molecule has 72 valence electrons. The summed E-state index contributed by atoms with van der Waals surface area (Å²) in [5.74, 6) is 0.0858. The standard InChI is InChI=1S/C9H8FN3O/c1-5-4-6(10)2-3-7(5)8-12-9(11)14-13-8/h2-4H,1H3,(H2,11,12,13). The van der Waals surface area contributed by atoms with Crippen LogP contribution in [-0.2, 0) is 0 Å². The highest BCUT2D eigenvalue weighted by atomic mass is 19.1. The number of nitrogen functional groups attached to an aromatic ring is 1. The van der Waals surface area contributed by atoms with Gasteiger partial charge >= 0.3 is 6.01 Å². The van der Waals surface area contributed by atoms with E-state index in [1.807, 2.05) is 0 Å². The van der Waals surface area contributed by atoms with Gasteiger partial charge in [-0.05, 0) is 30.7 Å². The third-order valence-electron chi connectivity index (χ3n) is 1.87. The van der Waals surface area contributed by atoms with Crippen LogP contribution in [-0.4, -0.2) is 10.1 Å². The van der Waals surface area contributed by atoms with Crippen LogP contribution in [0.15, 0.2) is 22.7 Å². The van der Waals surface area contributed by atoms with E-state index in [2.05, 4.69) is 14.7 Å². The van der Waals surface area contributed by atoms with Crippen molar-refractivity contribution in [2.75, 3.05) is 5.73 Å². The predicted octanol–water partition coefficient (Wildman–Crippen LogP) is 1.77. The van der Waals surface area contributed by atoms with Crippen LogP contribution >= 0.6 is 0 Å². The predicted molar refractivity (Wildman–Crippen MR) is 48.8 cm³/mol. The number of aromatic nitrogens is 2. The molecule has 0 saturated heterocycles. The Balaban J connectivity index is 2.52. The van der Waals surface area contributed by atoms with E-state index in [-0.39, 0.29) is 11.8 Å². The highest BCUT2D eigenvalue weighted by Gasteiger charge is 2.09. The van der Waals surface area contributed by atoms with Crippen molar-refractivity contribution < 1.29 is 8.91 Å². The average Bonchev–Trinajstić information content (AvgIpc) is 2.51. The van der Waals surface area contributed by atoms with E-state index >= 15 is 0 Å². The topological polar surface area (TPSA) is 64.9 Å². The third kappa shape index (κ3) is 1.44. The molecule has 2 aromatic rings. The molecule has 5 heteroatoms. The van der Waals surface area contributed by atoms with Gasteiger partial charge in [-0.1, -0.05) is 5.16 Å². The zero-order chi connectivity index (χ0) is 10.1. The Labute approximate surface area is 79.5 Å².